The minimum Gasteiger partial charge on any atom is -1.00 e. The van der Waals surface area contributed by atoms with Crippen molar-refractivity contribution in [2.24, 2.45) is 0 Å². The minimum atomic E-state index is -3.04. The van der Waals surface area contributed by atoms with E-state index >= 15 is 0 Å². The first-order valence-electron chi connectivity index (χ1n) is 21.4. The molecule has 292 valence electrons. The summed E-state index contributed by atoms with van der Waals surface area (Å²) in [4.78, 5) is 0. The van der Waals surface area contributed by atoms with Gasteiger partial charge in [-0.05, 0) is 0 Å². The Kier molecular flexibility index (Phi) is 12.1. The van der Waals surface area contributed by atoms with Crippen LogP contribution in [0.15, 0.2) is 96.1 Å². The molecule has 57 heavy (non-hydrogen) atoms. The Hall–Kier alpha value is -3.22. The van der Waals surface area contributed by atoms with Gasteiger partial charge in [0, 0.05) is 0 Å². The van der Waals surface area contributed by atoms with Crippen LogP contribution in [0.3, 0.4) is 0 Å². The van der Waals surface area contributed by atoms with Gasteiger partial charge in [-0.2, -0.15) is 0 Å². The normalized spacial score (nSPS) is 16.9. The first-order chi connectivity index (χ1) is 26.7. The minimum absolute atomic E-state index is 0. The summed E-state index contributed by atoms with van der Waals surface area (Å²) in [5, 5.41) is 5.44. The third-order valence-electron chi connectivity index (χ3n) is 14.6. The molecule has 3 heteroatoms. The number of hydrogen-bond donors (Lipinski definition) is 0. The van der Waals surface area contributed by atoms with Gasteiger partial charge in [-0.25, -0.2) is 0 Å². The molecule has 1 fully saturated rings. The Bertz CT molecular complexity index is 2410. The molecule has 0 radical (unpaired) electrons. The summed E-state index contributed by atoms with van der Waals surface area (Å²) in [6.07, 6.45) is 13.1. The molecule has 6 aromatic rings. The SMILES string of the molecule is CCCCC1=Cc2c(-c3cccc4ccccc34)c(C)c(C)c(C)c2[CH]1[Zr+2]1([CH]2C(CCCC)=Cc3c(-c4cccc5ccccc45)c(C)c(C)c(C)c32)[CH2][CH2]1.[Cl-].[Cl-]. The molecule has 0 nitrogen and oxygen atoms in total. The van der Waals surface area contributed by atoms with E-state index in [0.29, 0.717) is 7.25 Å². The Balaban J connectivity index is 0.00000248. The van der Waals surface area contributed by atoms with E-state index in [-0.39, 0.29) is 24.8 Å². The second-order valence-electron chi connectivity index (χ2n) is 17.5. The Morgan fingerprint density at radius 1 is 0.474 bits per heavy atom. The second kappa shape index (κ2) is 16.4. The largest absolute Gasteiger partial charge is 1.00 e. The van der Waals surface area contributed by atoms with Gasteiger partial charge in [0.2, 0.25) is 0 Å². The molecule has 9 rings (SSSR count). The van der Waals surface area contributed by atoms with Gasteiger partial charge in [-0.1, -0.05) is 0 Å². The van der Waals surface area contributed by atoms with Crippen molar-refractivity contribution in [2.75, 3.05) is 0 Å². The predicted octanol–water partition coefficient (Wildman–Crippen LogP) is 10.1. The first kappa shape index (κ1) is 41.9. The van der Waals surface area contributed by atoms with E-state index in [9.17, 15) is 0 Å². The third-order valence-corrected chi connectivity index (χ3v) is 27.6. The number of unbranched alkanes of at least 4 members (excludes halogenated alkanes) is 2. The van der Waals surface area contributed by atoms with Crippen LogP contribution in [0.4, 0.5) is 0 Å². The van der Waals surface area contributed by atoms with Crippen LogP contribution in [0, 0.1) is 41.5 Å². The van der Waals surface area contributed by atoms with Crippen molar-refractivity contribution in [3.8, 4) is 22.3 Å². The van der Waals surface area contributed by atoms with Crippen molar-refractivity contribution in [1.29, 1.82) is 0 Å². The maximum absolute atomic E-state index is 3.04. The standard InChI is InChI=1S/2C26H27.C2H4.2ClH.Zr/c2*1-5-6-10-20-15-24-18(3)17(2)19(4)26(25(24)16-20)23-14-9-12-21-11-7-8-13-22(21)23;1-2;;;/h2*7-9,11-16H,5-6,10H2,1-4H3;1-2H2;2*1H;/q;;;;;+2/p-2. The van der Waals surface area contributed by atoms with Crippen molar-refractivity contribution in [3.63, 3.8) is 0 Å². The average molecular weight is 869 g/mol. The Morgan fingerprint density at radius 3 is 1.25 bits per heavy atom. The number of benzene rings is 6. The van der Waals surface area contributed by atoms with Crippen molar-refractivity contribution in [3.05, 3.63) is 152 Å². The van der Waals surface area contributed by atoms with Gasteiger partial charge < -0.3 is 24.8 Å². The van der Waals surface area contributed by atoms with Crippen molar-refractivity contribution in [2.45, 2.75) is 109 Å². The number of allylic oxidation sites excluding steroid dienone is 2. The molecule has 0 spiro atoms. The molecule has 3 aliphatic rings. The molecule has 2 unspecified atom stereocenters. The molecule has 0 amide bonds. The van der Waals surface area contributed by atoms with Crippen LogP contribution in [-0.2, 0) is 20.3 Å². The first-order valence-corrected chi connectivity index (χ1v) is 27.7. The number of rotatable bonds is 10. The molecule has 1 heterocycles. The zero-order valence-corrected chi connectivity index (χ0v) is 39.3. The molecular weight excluding hydrogens is 811 g/mol. The van der Waals surface area contributed by atoms with Gasteiger partial charge in [0.05, 0.1) is 0 Å². The maximum Gasteiger partial charge on any atom is -1.00 e. The third kappa shape index (κ3) is 6.58. The van der Waals surface area contributed by atoms with Gasteiger partial charge in [0.15, 0.2) is 0 Å². The summed E-state index contributed by atoms with van der Waals surface area (Å²) in [6.45, 7) is 19.4. The zero-order chi connectivity index (χ0) is 38.2. The van der Waals surface area contributed by atoms with Crippen molar-refractivity contribution >= 4 is 33.7 Å². The molecule has 6 aromatic carbocycles. The van der Waals surface area contributed by atoms with Gasteiger partial charge in [-0.15, -0.1) is 0 Å². The van der Waals surface area contributed by atoms with Gasteiger partial charge in [0.1, 0.15) is 0 Å². The van der Waals surface area contributed by atoms with E-state index in [1.807, 2.05) is 0 Å². The fraction of sp³-hybridized carbons (Fsp3) is 0.333. The Labute approximate surface area is 359 Å². The quantitative estimate of drug-likeness (QED) is 0.129. The fourth-order valence-corrected chi connectivity index (χ4v) is 29.3. The molecule has 0 aromatic heterocycles. The van der Waals surface area contributed by atoms with Crippen LogP contribution in [0.5, 0.6) is 0 Å². The molecule has 2 aliphatic carbocycles. The van der Waals surface area contributed by atoms with E-state index in [1.165, 1.54) is 113 Å². The summed E-state index contributed by atoms with van der Waals surface area (Å²) in [5.41, 5.74) is 25.2. The zero-order valence-electron chi connectivity index (χ0n) is 35.3. The molecule has 2 atom stereocenters. The van der Waals surface area contributed by atoms with Gasteiger partial charge in [-0.3, -0.25) is 0 Å². The second-order valence-corrected chi connectivity index (χ2v) is 28.8. The summed E-state index contributed by atoms with van der Waals surface area (Å²) < 4.78 is 4.29. The monoisotopic (exact) mass is 866 g/mol. The summed E-state index contributed by atoms with van der Waals surface area (Å²) in [7, 11) is 0. The van der Waals surface area contributed by atoms with Crippen LogP contribution in [0.25, 0.3) is 56.0 Å². The summed E-state index contributed by atoms with van der Waals surface area (Å²) in [6, 6.07) is 32.1. The smallest absolute Gasteiger partial charge is 1.00 e. The molecule has 1 aliphatic heterocycles. The van der Waals surface area contributed by atoms with E-state index in [0.717, 1.165) is 0 Å². The molecule has 0 bridgehead atoms. The molecular formula is C54H58Cl2Zr. The number of halogens is 2. The molecule has 0 saturated carbocycles. The molecule has 1 saturated heterocycles. The number of fused-ring (bicyclic) bond motifs is 4. The van der Waals surface area contributed by atoms with Crippen LogP contribution in [0.1, 0.15) is 115 Å². The molecule has 0 N–H and O–H groups in total. The number of hydrogen-bond acceptors (Lipinski definition) is 0. The van der Waals surface area contributed by atoms with Crippen molar-refractivity contribution in [1.82, 2.24) is 0 Å². The fourth-order valence-electron chi connectivity index (χ4n) is 11.3. The van der Waals surface area contributed by atoms with Crippen LogP contribution in [0.2, 0.25) is 8.26 Å². The summed E-state index contributed by atoms with van der Waals surface area (Å²) >= 11 is -3.04. The average Bonchev–Trinajstić information content (AvgIpc) is 3.76. The van der Waals surface area contributed by atoms with Gasteiger partial charge >= 0.3 is 337 Å². The van der Waals surface area contributed by atoms with Crippen molar-refractivity contribution < 1.29 is 45.1 Å². The van der Waals surface area contributed by atoms with E-state index < -0.39 is 20.3 Å². The van der Waals surface area contributed by atoms with Crippen LogP contribution < -0.4 is 24.8 Å². The van der Waals surface area contributed by atoms with E-state index in [1.54, 1.807) is 44.5 Å². The Morgan fingerprint density at radius 2 is 0.860 bits per heavy atom. The van der Waals surface area contributed by atoms with Crippen LogP contribution >= 0.6 is 0 Å². The maximum atomic E-state index is 2.77. The van der Waals surface area contributed by atoms with E-state index in [4.69, 9.17) is 0 Å². The van der Waals surface area contributed by atoms with Crippen LogP contribution in [-0.4, -0.2) is 0 Å². The van der Waals surface area contributed by atoms with E-state index in [2.05, 4.69) is 152 Å². The van der Waals surface area contributed by atoms with Gasteiger partial charge in [0.25, 0.3) is 0 Å². The topological polar surface area (TPSA) is 0 Å². The summed E-state index contributed by atoms with van der Waals surface area (Å²) in [5.74, 6) is 0. The predicted molar refractivity (Wildman–Crippen MR) is 237 cm³/mol.